The van der Waals surface area contributed by atoms with Crippen LogP contribution in [-0.4, -0.2) is 17.6 Å². The van der Waals surface area contributed by atoms with Crippen LogP contribution in [0.1, 0.15) is 30.0 Å². The number of pyridine rings is 1. The third-order valence-electron chi connectivity index (χ3n) is 1.57. The molecule has 0 fully saturated rings. The van der Waals surface area contributed by atoms with Crippen molar-refractivity contribution < 1.29 is 13.9 Å². The summed E-state index contributed by atoms with van der Waals surface area (Å²) in [6.07, 6.45) is 0. The molecule has 1 aromatic heterocycles. The largest absolute Gasteiger partial charge is 0.461 e. The van der Waals surface area contributed by atoms with Gasteiger partial charge in [-0.05, 0) is 31.9 Å². The van der Waals surface area contributed by atoms with Gasteiger partial charge < -0.3 is 4.74 Å². The van der Waals surface area contributed by atoms with Crippen molar-refractivity contribution in [1.29, 1.82) is 0 Å². The fourth-order valence-corrected chi connectivity index (χ4v) is 0.967. The van der Waals surface area contributed by atoms with Gasteiger partial charge in [0.1, 0.15) is 11.4 Å². The molecule has 0 radical (unpaired) electrons. The number of nitrogens with zero attached hydrogens (tertiary/aromatic N) is 1. The van der Waals surface area contributed by atoms with Gasteiger partial charge in [-0.2, -0.15) is 0 Å². The number of rotatable bonds is 2. The molecular formula is C11H10FNO2. The molecule has 0 aliphatic carbocycles. The predicted molar refractivity (Wildman–Crippen MR) is 52.7 cm³/mol. The van der Waals surface area contributed by atoms with E-state index in [9.17, 15) is 9.18 Å². The van der Waals surface area contributed by atoms with Crippen molar-refractivity contribution in [2.24, 2.45) is 0 Å². The molecule has 3 nitrogen and oxygen atoms in total. The molecule has 0 aliphatic heterocycles. The number of ether oxygens (including phenoxy) is 1. The van der Waals surface area contributed by atoms with E-state index in [0.717, 1.165) is 6.07 Å². The summed E-state index contributed by atoms with van der Waals surface area (Å²) in [5.74, 6) is 3.87. The summed E-state index contributed by atoms with van der Waals surface area (Å²) in [5.41, 5.74) is 0.0269. The van der Waals surface area contributed by atoms with E-state index in [4.69, 9.17) is 4.74 Å². The zero-order valence-corrected chi connectivity index (χ0v) is 8.50. The molecule has 15 heavy (non-hydrogen) atoms. The van der Waals surface area contributed by atoms with Crippen LogP contribution in [0.5, 0.6) is 0 Å². The molecule has 0 amide bonds. The summed E-state index contributed by atoms with van der Waals surface area (Å²) in [4.78, 5) is 15.0. The van der Waals surface area contributed by atoms with Crippen LogP contribution in [-0.2, 0) is 4.74 Å². The molecule has 0 saturated carbocycles. The maximum absolute atomic E-state index is 13.1. The number of esters is 1. The monoisotopic (exact) mass is 207 g/mol. The highest BCUT2D eigenvalue weighted by molar-refractivity contribution is 5.87. The highest BCUT2D eigenvalue weighted by Gasteiger charge is 2.10. The summed E-state index contributed by atoms with van der Waals surface area (Å²) in [6, 6.07) is 2.42. The Morgan fingerprint density at radius 1 is 1.60 bits per heavy atom. The van der Waals surface area contributed by atoms with Crippen LogP contribution < -0.4 is 0 Å². The summed E-state index contributed by atoms with van der Waals surface area (Å²) in [5, 5.41) is 0. The maximum atomic E-state index is 13.1. The first-order valence-corrected chi connectivity index (χ1v) is 4.45. The van der Waals surface area contributed by atoms with Crippen LogP contribution in [0.4, 0.5) is 4.39 Å². The fraction of sp³-hybridized carbons (Fsp3) is 0.273. The highest BCUT2D eigenvalue weighted by Crippen LogP contribution is 2.06. The number of halogens is 1. The van der Waals surface area contributed by atoms with Crippen molar-refractivity contribution in [3.63, 3.8) is 0 Å². The van der Waals surface area contributed by atoms with Crippen molar-refractivity contribution in [2.45, 2.75) is 13.8 Å². The molecule has 1 rings (SSSR count). The van der Waals surface area contributed by atoms with E-state index in [0.29, 0.717) is 0 Å². The van der Waals surface area contributed by atoms with Crippen LogP contribution in [0.2, 0.25) is 0 Å². The van der Waals surface area contributed by atoms with Gasteiger partial charge in [-0.3, -0.25) is 0 Å². The SMILES string of the molecule is CC#Cc1nc(C(=O)OCC)ccc1F. The van der Waals surface area contributed by atoms with Crippen molar-refractivity contribution in [2.75, 3.05) is 6.61 Å². The summed E-state index contributed by atoms with van der Waals surface area (Å²) < 4.78 is 17.8. The quantitative estimate of drug-likeness (QED) is 0.548. The standard InChI is InChI=1S/C11H10FNO2/c1-3-5-9-8(12)6-7-10(13-9)11(14)15-4-2/h6-7H,4H2,1-2H3. The molecule has 78 valence electrons. The van der Waals surface area contributed by atoms with E-state index < -0.39 is 11.8 Å². The van der Waals surface area contributed by atoms with Crippen molar-refractivity contribution in [3.05, 3.63) is 29.3 Å². The zero-order valence-electron chi connectivity index (χ0n) is 8.50. The van der Waals surface area contributed by atoms with Gasteiger partial charge in [0.25, 0.3) is 0 Å². The normalized spacial score (nSPS) is 9.00. The minimum absolute atomic E-state index is 0.0388. The van der Waals surface area contributed by atoms with Gasteiger partial charge in [0.05, 0.1) is 6.61 Å². The molecule has 0 aromatic carbocycles. The van der Waals surface area contributed by atoms with Crippen LogP contribution >= 0.6 is 0 Å². The van der Waals surface area contributed by atoms with Gasteiger partial charge in [0.15, 0.2) is 5.82 Å². The van der Waals surface area contributed by atoms with E-state index in [2.05, 4.69) is 16.8 Å². The van der Waals surface area contributed by atoms with Crippen LogP contribution in [0.15, 0.2) is 12.1 Å². The van der Waals surface area contributed by atoms with E-state index in [1.807, 2.05) is 0 Å². The summed E-state index contributed by atoms with van der Waals surface area (Å²) in [7, 11) is 0. The molecule has 0 aliphatic rings. The van der Waals surface area contributed by atoms with Gasteiger partial charge in [0, 0.05) is 0 Å². The average Bonchev–Trinajstić information content (AvgIpc) is 2.22. The van der Waals surface area contributed by atoms with Crippen LogP contribution in [0.3, 0.4) is 0 Å². The van der Waals surface area contributed by atoms with Crippen LogP contribution in [0, 0.1) is 17.7 Å². The third kappa shape index (κ3) is 2.78. The summed E-state index contributed by atoms with van der Waals surface area (Å²) >= 11 is 0. The lowest BCUT2D eigenvalue weighted by Crippen LogP contribution is -2.08. The Kier molecular flexibility index (Phi) is 3.81. The van der Waals surface area contributed by atoms with Crippen molar-refractivity contribution in [1.82, 2.24) is 4.98 Å². The first kappa shape index (κ1) is 11.2. The molecule has 1 heterocycles. The minimum Gasteiger partial charge on any atom is -0.461 e. The lowest BCUT2D eigenvalue weighted by molar-refractivity contribution is 0.0519. The molecule has 0 atom stereocenters. The molecule has 4 heteroatoms. The second-order valence-electron chi connectivity index (χ2n) is 2.62. The Morgan fingerprint density at radius 3 is 2.93 bits per heavy atom. The molecule has 0 N–H and O–H groups in total. The van der Waals surface area contributed by atoms with Gasteiger partial charge in [-0.15, -0.1) is 0 Å². The highest BCUT2D eigenvalue weighted by atomic mass is 19.1. The summed E-state index contributed by atoms with van der Waals surface area (Å²) in [6.45, 7) is 3.51. The Morgan fingerprint density at radius 2 is 2.33 bits per heavy atom. The number of hydrogen-bond acceptors (Lipinski definition) is 3. The van der Waals surface area contributed by atoms with Gasteiger partial charge in [0.2, 0.25) is 0 Å². The molecule has 0 bridgehead atoms. The van der Waals surface area contributed by atoms with Gasteiger partial charge >= 0.3 is 5.97 Å². The number of hydrogen-bond donors (Lipinski definition) is 0. The average molecular weight is 207 g/mol. The molecule has 1 aromatic rings. The zero-order chi connectivity index (χ0) is 11.3. The van der Waals surface area contributed by atoms with E-state index in [1.165, 1.54) is 6.07 Å². The molecule has 0 saturated heterocycles. The first-order chi connectivity index (χ1) is 7.19. The van der Waals surface area contributed by atoms with E-state index in [1.54, 1.807) is 13.8 Å². The Bertz CT molecular complexity index is 432. The van der Waals surface area contributed by atoms with Gasteiger partial charge in [-0.25, -0.2) is 14.2 Å². The molecule has 0 unspecified atom stereocenters. The number of carbonyl (C=O) groups is 1. The second kappa shape index (κ2) is 5.11. The minimum atomic E-state index is -0.573. The van der Waals surface area contributed by atoms with Crippen molar-refractivity contribution in [3.8, 4) is 11.8 Å². The Labute approximate surface area is 87.3 Å². The van der Waals surface area contributed by atoms with Crippen LogP contribution in [0.25, 0.3) is 0 Å². The lowest BCUT2D eigenvalue weighted by Gasteiger charge is -2.01. The number of aromatic nitrogens is 1. The second-order valence-corrected chi connectivity index (χ2v) is 2.62. The van der Waals surface area contributed by atoms with E-state index >= 15 is 0 Å². The fourth-order valence-electron chi connectivity index (χ4n) is 0.967. The third-order valence-corrected chi connectivity index (χ3v) is 1.57. The predicted octanol–water partition coefficient (Wildman–Crippen LogP) is 1.77. The topological polar surface area (TPSA) is 39.2 Å². The van der Waals surface area contributed by atoms with E-state index in [-0.39, 0.29) is 18.0 Å². The number of carbonyl (C=O) groups excluding carboxylic acids is 1. The molecular weight excluding hydrogens is 197 g/mol. The van der Waals surface area contributed by atoms with Crippen molar-refractivity contribution >= 4 is 5.97 Å². The molecule has 0 spiro atoms. The smallest absolute Gasteiger partial charge is 0.356 e. The lowest BCUT2D eigenvalue weighted by atomic mass is 10.3. The Balaban J connectivity index is 3.05. The first-order valence-electron chi connectivity index (χ1n) is 4.45. The van der Waals surface area contributed by atoms with Gasteiger partial charge in [-0.1, -0.05) is 5.92 Å². The maximum Gasteiger partial charge on any atom is 0.356 e. The Hall–Kier alpha value is -1.89.